The van der Waals surface area contributed by atoms with E-state index in [0.717, 1.165) is 11.6 Å². The molecule has 170 valence electrons. The molecule has 0 saturated heterocycles. The lowest BCUT2D eigenvalue weighted by Crippen LogP contribution is -2.30. The van der Waals surface area contributed by atoms with Crippen LogP contribution < -0.4 is 15.4 Å². The van der Waals surface area contributed by atoms with Crippen molar-refractivity contribution in [3.05, 3.63) is 54.4 Å². The van der Waals surface area contributed by atoms with Crippen molar-refractivity contribution in [2.24, 2.45) is 5.92 Å². The van der Waals surface area contributed by atoms with Crippen molar-refractivity contribution in [3.63, 3.8) is 0 Å². The molecule has 0 spiro atoms. The van der Waals surface area contributed by atoms with E-state index in [0.29, 0.717) is 5.69 Å². The second kappa shape index (κ2) is 9.82. The van der Waals surface area contributed by atoms with Gasteiger partial charge in [0.25, 0.3) is 0 Å². The van der Waals surface area contributed by atoms with E-state index >= 15 is 0 Å². The summed E-state index contributed by atoms with van der Waals surface area (Å²) in [5, 5.41) is 15.6. The summed E-state index contributed by atoms with van der Waals surface area (Å²) in [6.45, 7) is 3.75. The van der Waals surface area contributed by atoms with Gasteiger partial charge in [-0.3, -0.25) is 4.98 Å². The van der Waals surface area contributed by atoms with E-state index in [9.17, 15) is 18.3 Å². The highest BCUT2D eigenvalue weighted by molar-refractivity contribution is 5.68. The number of ether oxygens (including phenoxy) is 1. The van der Waals surface area contributed by atoms with Gasteiger partial charge in [-0.15, -0.1) is 0 Å². The van der Waals surface area contributed by atoms with Gasteiger partial charge in [-0.2, -0.15) is 18.2 Å². The molecule has 0 aliphatic rings. The molecule has 1 atom stereocenters. The Hall–Kier alpha value is -3.40. The Kier molecular flexibility index (Phi) is 7.14. The topological polar surface area (TPSA) is 92.2 Å². The number of anilines is 3. The standard InChI is InChI=1S/C22H24F3N5O2/c1-13(2)18(12-31)29-21-28-17(14-6-8-26-9-7-14)11-20(30-21)27-15-4-5-19(32-3)16(10-15)22(23,24)25/h4-11,13,18,31H,12H2,1-3H3,(H2,27,28,29,30)/t18-/m1/s1. The van der Waals surface area contributed by atoms with E-state index in [1.54, 1.807) is 30.6 Å². The van der Waals surface area contributed by atoms with Crippen molar-refractivity contribution in [2.75, 3.05) is 24.4 Å². The molecule has 0 amide bonds. The van der Waals surface area contributed by atoms with E-state index in [-0.39, 0.29) is 41.8 Å². The molecule has 0 radical (unpaired) electrons. The third-order valence-electron chi connectivity index (χ3n) is 4.80. The van der Waals surface area contributed by atoms with Gasteiger partial charge in [0.15, 0.2) is 0 Å². The molecule has 3 aromatic rings. The van der Waals surface area contributed by atoms with Crippen molar-refractivity contribution in [2.45, 2.75) is 26.1 Å². The lowest BCUT2D eigenvalue weighted by Gasteiger charge is -2.21. The number of hydrogen-bond donors (Lipinski definition) is 3. The number of nitrogens with one attached hydrogen (secondary N) is 2. The molecule has 0 unspecified atom stereocenters. The van der Waals surface area contributed by atoms with Crippen molar-refractivity contribution in [1.82, 2.24) is 15.0 Å². The first-order chi connectivity index (χ1) is 15.2. The summed E-state index contributed by atoms with van der Waals surface area (Å²) in [5.74, 6) is 0.348. The highest BCUT2D eigenvalue weighted by Gasteiger charge is 2.34. The molecule has 7 nitrogen and oxygen atoms in total. The van der Waals surface area contributed by atoms with Crippen LogP contribution >= 0.6 is 0 Å². The van der Waals surface area contributed by atoms with Gasteiger partial charge >= 0.3 is 6.18 Å². The maximum absolute atomic E-state index is 13.4. The Labute approximate surface area is 183 Å². The number of methoxy groups -OCH3 is 1. The lowest BCUT2D eigenvalue weighted by atomic mass is 10.1. The number of halogens is 3. The lowest BCUT2D eigenvalue weighted by molar-refractivity contribution is -0.138. The van der Waals surface area contributed by atoms with Crippen LogP contribution in [0.15, 0.2) is 48.8 Å². The minimum Gasteiger partial charge on any atom is -0.496 e. The van der Waals surface area contributed by atoms with Gasteiger partial charge in [0.2, 0.25) is 5.95 Å². The number of aliphatic hydroxyl groups is 1. The first kappa shape index (κ1) is 23.3. The Morgan fingerprint density at radius 3 is 2.38 bits per heavy atom. The maximum Gasteiger partial charge on any atom is 0.420 e. The molecule has 2 heterocycles. The summed E-state index contributed by atoms with van der Waals surface area (Å²) >= 11 is 0. The fraction of sp³-hybridized carbons (Fsp3) is 0.318. The van der Waals surface area contributed by atoms with E-state index in [1.165, 1.54) is 19.2 Å². The molecule has 3 rings (SSSR count). The first-order valence-corrected chi connectivity index (χ1v) is 9.90. The number of hydrogen-bond acceptors (Lipinski definition) is 7. The fourth-order valence-corrected chi connectivity index (χ4v) is 2.99. The monoisotopic (exact) mass is 447 g/mol. The van der Waals surface area contributed by atoms with Crippen LogP contribution in [0.4, 0.5) is 30.6 Å². The Morgan fingerprint density at radius 1 is 1.06 bits per heavy atom. The van der Waals surface area contributed by atoms with Gasteiger partial charge in [0.1, 0.15) is 11.6 Å². The molecule has 1 aromatic carbocycles. The number of aromatic nitrogens is 3. The number of aliphatic hydroxyl groups excluding tert-OH is 1. The minimum absolute atomic E-state index is 0.0977. The van der Waals surface area contributed by atoms with Crippen LogP contribution in [0.2, 0.25) is 0 Å². The highest BCUT2D eigenvalue weighted by Crippen LogP contribution is 2.38. The van der Waals surface area contributed by atoms with Crippen molar-refractivity contribution >= 4 is 17.5 Å². The summed E-state index contributed by atoms with van der Waals surface area (Å²) in [6, 6.07) is 8.53. The second-order valence-electron chi connectivity index (χ2n) is 7.41. The third-order valence-corrected chi connectivity index (χ3v) is 4.80. The maximum atomic E-state index is 13.4. The summed E-state index contributed by atoms with van der Waals surface area (Å²) in [5.41, 5.74) is 0.583. The first-order valence-electron chi connectivity index (χ1n) is 9.90. The van der Waals surface area contributed by atoms with E-state index in [1.807, 2.05) is 13.8 Å². The fourth-order valence-electron chi connectivity index (χ4n) is 2.99. The summed E-state index contributed by atoms with van der Waals surface area (Å²) in [4.78, 5) is 12.9. The number of alkyl halides is 3. The molecule has 0 bridgehead atoms. The van der Waals surface area contributed by atoms with Crippen molar-refractivity contribution < 1.29 is 23.0 Å². The molecule has 2 aromatic heterocycles. The van der Waals surface area contributed by atoms with Crippen LogP contribution in [0, 0.1) is 5.92 Å². The molecule has 0 aliphatic carbocycles. The summed E-state index contributed by atoms with van der Waals surface area (Å²) in [7, 11) is 1.19. The molecule has 0 fully saturated rings. The smallest absolute Gasteiger partial charge is 0.420 e. The van der Waals surface area contributed by atoms with Gasteiger partial charge in [0.05, 0.1) is 31.0 Å². The van der Waals surface area contributed by atoms with Gasteiger partial charge in [-0.25, -0.2) is 4.98 Å². The van der Waals surface area contributed by atoms with Crippen LogP contribution in [0.1, 0.15) is 19.4 Å². The number of rotatable bonds is 8. The average molecular weight is 447 g/mol. The largest absolute Gasteiger partial charge is 0.496 e. The summed E-state index contributed by atoms with van der Waals surface area (Å²) in [6.07, 6.45) is -1.35. The zero-order valence-electron chi connectivity index (χ0n) is 17.8. The Balaban J connectivity index is 2.01. The third kappa shape index (κ3) is 5.64. The van der Waals surface area contributed by atoms with Gasteiger partial charge in [-0.1, -0.05) is 13.8 Å². The van der Waals surface area contributed by atoms with E-state index in [4.69, 9.17) is 4.74 Å². The Bertz CT molecular complexity index is 1050. The minimum atomic E-state index is -4.57. The zero-order valence-corrected chi connectivity index (χ0v) is 17.8. The zero-order chi connectivity index (χ0) is 23.3. The number of pyridine rings is 1. The predicted molar refractivity (Wildman–Crippen MR) is 116 cm³/mol. The molecular weight excluding hydrogens is 423 g/mol. The predicted octanol–water partition coefficient (Wildman–Crippen LogP) is 4.74. The molecule has 0 saturated carbocycles. The normalized spacial score (nSPS) is 12.5. The second-order valence-corrected chi connectivity index (χ2v) is 7.41. The molecule has 0 aliphatic heterocycles. The van der Waals surface area contributed by atoms with Crippen molar-refractivity contribution in [3.8, 4) is 17.0 Å². The van der Waals surface area contributed by atoms with Crippen LogP contribution in [0.5, 0.6) is 5.75 Å². The quantitative estimate of drug-likeness (QED) is 0.459. The Morgan fingerprint density at radius 2 is 1.78 bits per heavy atom. The molecule has 10 heteroatoms. The molecule has 32 heavy (non-hydrogen) atoms. The molecule has 3 N–H and O–H groups in total. The van der Waals surface area contributed by atoms with E-state index in [2.05, 4.69) is 25.6 Å². The van der Waals surface area contributed by atoms with Crippen LogP contribution in [0.3, 0.4) is 0 Å². The SMILES string of the molecule is COc1ccc(Nc2cc(-c3ccncc3)nc(N[C@H](CO)C(C)C)n2)cc1C(F)(F)F. The van der Waals surface area contributed by atoms with Crippen LogP contribution in [-0.4, -0.2) is 39.8 Å². The number of nitrogens with zero attached hydrogens (tertiary/aromatic N) is 3. The van der Waals surface area contributed by atoms with Gasteiger partial charge in [0, 0.05) is 29.7 Å². The van der Waals surface area contributed by atoms with Gasteiger partial charge in [-0.05, 0) is 36.2 Å². The molecular formula is C22H24F3N5O2. The van der Waals surface area contributed by atoms with Gasteiger partial charge < -0.3 is 20.5 Å². The van der Waals surface area contributed by atoms with Crippen LogP contribution in [-0.2, 0) is 6.18 Å². The van der Waals surface area contributed by atoms with Crippen LogP contribution in [0.25, 0.3) is 11.3 Å². The van der Waals surface area contributed by atoms with Crippen molar-refractivity contribution in [1.29, 1.82) is 0 Å². The van der Waals surface area contributed by atoms with E-state index < -0.39 is 11.7 Å². The highest BCUT2D eigenvalue weighted by atomic mass is 19.4. The average Bonchev–Trinajstić information content (AvgIpc) is 2.77. The number of benzene rings is 1. The summed E-state index contributed by atoms with van der Waals surface area (Å²) < 4.78 is 45.0.